The molecule has 0 aliphatic carbocycles. The Morgan fingerprint density at radius 1 is 1.60 bits per heavy atom. The van der Waals surface area contributed by atoms with Crippen LogP contribution in [0.25, 0.3) is 0 Å². The molecule has 2 unspecified atom stereocenters. The second kappa shape index (κ2) is 6.07. The van der Waals surface area contributed by atoms with Crippen LogP contribution in [-0.4, -0.2) is 43.0 Å². The molecule has 0 radical (unpaired) electrons. The van der Waals surface area contributed by atoms with Gasteiger partial charge in [0.15, 0.2) is 0 Å². The Morgan fingerprint density at radius 2 is 2.30 bits per heavy atom. The summed E-state index contributed by atoms with van der Waals surface area (Å²) in [5.74, 6) is 0. The van der Waals surface area contributed by atoms with Crippen LogP contribution in [0, 0.1) is 0 Å². The van der Waals surface area contributed by atoms with E-state index in [9.17, 15) is 8.42 Å². The third-order valence-electron chi connectivity index (χ3n) is 3.28. The Kier molecular flexibility index (Phi) is 4.80. The van der Waals surface area contributed by atoms with E-state index in [-0.39, 0.29) is 21.3 Å². The Labute approximate surface area is 128 Å². The Balaban J connectivity index is 2.33. The standard InChI is InChI=1S/C12H18N2O3S3/c1-3-9-7-17-8(2)6-14(9)20(15,16)11-5-4-10(19-11)12(13)18/h4-5,8-9H,3,6-7H2,1-2H3,(H2,13,18). The van der Waals surface area contributed by atoms with Gasteiger partial charge < -0.3 is 10.5 Å². The van der Waals surface area contributed by atoms with Crippen molar-refractivity contribution in [2.24, 2.45) is 5.73 Å². The zero-order valence-corrected chi connectivity index (χ0v) is 13.9. The largest absolute Gasteiger partial charge is 0.389 e. The van der Waals surface area contributed by atoms with Crippen LogP contribution in [0.4, 0.5) is 0 Å². The molecule has 2 heterocycles. The zero-order valence-electron chi connectivity index (χ0n) is 11.4. The molecule has 1 fully saturated rings. The molecule has 112 valence electrons. The van der Waals surface area contributed by atoms with Crippen molar-refractivity contribution >= 4 is 38.6 Å². The first-order valence-corrected chi connectivity index (χ1v) is 9.05. The van der Waals surface area contributed by atoms with Crippen LogP contribution in [0.1, 0.15) is 25.1 Å². The van der Waals surface area contributed by atoms with E-state index in [1.54, 1.807) is 12.1 Å². The number of thiocarbonyl (C=S) groups is 1. The molecule has 2 atom stereocenters. The van der Waals surface area contributed by atoms with Gasteiger partial charge in [-0.1, -0.05) is 19.1 Å². The number of nitrogens with two attached hydrogens (primary N) is 1. The molecule has 8 heteroatoms. The van der Waals surface area contributed by atoms with Gasteiger partial charge >= 0.3 is 0 Å². The molecule has 0 amide bonds. The number of thiophene rings is 1. The van der Waals surface area contributed by atoms with E-state index < -0.39 is 10.0 Å². The zero-order chi connectivity index (χ0) is 14.9. The number of nitrogens with zero attached hydrogens (tertiary/aromatic N) is 1. The molecular formula is C12H18N2O3S3. The fourth-order valence-electron chi connectivity index (χ4n) is 2.14. The van der Waals surface area contributed by atoms with Gasteiger partial charge in [0, 0.05) is 12.6 Å². The van der Waals surface area contributed by atoms with Gasteiger partial charge in [-0.3, -0.25) is 0 Å². The van der Waals surface area contributed by atoms with Crippen molar-refractivity contribution < 1.29 is 13.2 Å². The number of hydrogen-bond acceptors (Lipinski definition) is 5. The molecule has 5 nitrogen and oxygen atoms in total. The van der Waals surface area contributed by atoms with Crippen LogP contribution in [0.3, 0.4) is 0 Å². The molecule has 1 aromatic heterocycles. The monoisotopic (exact) mass is 334 g/mol. The second-order valence-electron chi connectivity index (χ2n) is 4.76. The smallest absolute Gasteiger partial charge is 0.252 e. The third-order valence-corrected chi connectivity index (χ3v) is 7.13. The van der Waals surface area contributed by atoms with Gasteiger partial charge in [0.1, 0.15) is 9.20 Å². The second-order valence-corrected chi connectivity index (χ2v) is 8.40. The summed E-state index contributed by atoms with van der Waals surface area (Å²) < 4.78 is 32.8. The van der Waals surface area contributed by atoms with Crippen LogP contribution >= 0.6 is 23.6 Å². The highest BCUT2D eigenvalue weighted by atomic mass is 32.2. The number of sulfonamides is 1. The van der Waals surface area contributed by atoms with E-state index in [0.717, 1.165) is 17.8 Å². The van der Waals surface area contributed by atoms with Gasteiger partial charge in [-0.25, -0.2) is 8.42 Å². The highest BCUT2D eigenvalue weighted by Gasteiger charge is 2.36. The van der Waals surface area contributed by atoms with Gasteiger partial charge in [-0.05, 0) is 25.5 Å². The Bertz CT molecular complexity index is 597. The van der Waals surface area contributed by atoms with Gasteiger partial charge in [-0.15, -0.1) is 11.3 Å². The van der Waals surface area contributed by atoms with E-state index in [1.165, 1.54) is 4.31 Å². The van der Waals surface area contributed by atoms with Crippen LogP contribution in [0.15, 0.2) is 16.3 Å². The number of hydrogen-bond donors (Lipinski definition) is 1. The normalized spacial score (nSPS) is 24.7. The molecule has 0 spiro atoms. The molecule has 1 aromatic rings. The van der Waals surface area contributed by atoms with E-state index in [0.29, 0.717) is 18.0 Å². The van der Waals surface area contributed by atoms with Crippen molar-refractivity contribution in [3.8, 4) is 0 Å². The van der Waals surface area contributed by atoms with Gasteiger partial charge in [0.25, 0.3) is 10.0 Å². The summed E-state index contributed by atoms with van der Waals surface area (Å²) >= 11 is 6.00. The average molecular weight is 334 g/mol. The summed E-state index contributed by atoms with van der Waals surface area (Å²) in [6.45, 7) is 4.65. The van der Waals surface area contributed by atoms with Crippen molar-refractivity contribution in [1.29, 1.82) is 0 Å². The molecule has 2 rings (SSSR count). The van der Waals surface area contributed by atoms with E-state index >= 15 is 0 Å². The van der Waals surface area contributed by atoms with Crippen molar-refractivity contribution in [3.05, 3.63) is 17.0 Å². The topological polar surface area (TPSA) is 72.6 Å². The minimum Gasteiger partial charge on any atom is -0.389 e. The summed E-state index contributed by atoms with van der Waals surface area (Å²) in [5, 5.41) is 0. The minimum absolute atomic E-state index is 0.0948. The van der Waals surface area contributed by atoms with E-state index in [4.69, 9.17) is 22.7 Å². The summed E-state index contributed by atoms with van der Waals surface area (Å²) in [6, 6.07) is 3.11. The van der Waals surface area contributed by atoms with Gasteiger partial charge in [-0.2, -0.15) is 4.31 Å². The van der Waals surface area contributed by atoms with Gasteiger partial charge in [0.2, 0.25) is 0 Å². The maximum atomic E-state index is 12.7. The average Bonchev–Trinajstić information content (AvgIpc) is 2.89. The lowest BCUT2D eigenvalue weighted by Gasteiger charge is -2.36. The molecular weight excluding hydrogens is 316 g/mol. The minimum atomic E-state index is -3.51. The molecule has 2 N–H and O–H groups in total. The number of morpholine rings is 1. The highest BCUT2D eigenvalue weighted by Crippen LogP contribution is 2.29. The number of ether oxygens (including phenoxy) is 1. The van der Waals surface area contributed by atoms with Gasteiger partial charge in [0.05, 0.1) is 17.6 Å². The number of rotatable bonds is 4. The first-order valence-electron chi connectivity index (χ1n) is 6.39. The van der Waals surface area contributed by atoms with E-state index in [1.807, 2.05) is 13.8 Å². The maximum absolute atomic E-state index is 12.7. The quantitative estimate of drug-likeness (QED) is 0.846. The van der Waals surface area contributed by atoms with Crippen molar-refractivity contribution in [2.75, 3.05) is 13.2 Å². The lowest BCUT2D eigenvalue weighted by molar-refractivity contribution is -0.0229. The van der Waals surface area contributed by atoms with Crippen LogP contribution in [0.2, 0.25) is 0 Å². The first-order chi connectivity index (χ1) is 9.36. The molecule has 0 aromatic carbocycles. The summed E-state index contributed by atoms with van der Waals surface area (Å²) in [5.41, 5.74) is 5.54. The Morgan fingerprint density at radius 3 is 2.85 bits per heavy atom. The Hall–Kier alpha value is -0.540. The predicted molar refractivity (Wildman–Crippen MR) is 83.6 cm³/mol. The SMILES string of the molecule is CCC1COC(C)CN1S(=O)(=O)c1ccc(C(N)=S)s1. The highest BCUT2D eigenvalue weighted by molar-refractivity contribution is 7.91. The van der Waals surface area contributed by atoms with Crippen LogP contribution < -0.4 is 5.73 Å². The first kappa shape index (κ1) is 15.8. The van der Waals surface area contributed by atoms with Crippen molar-refractivity contribution in [3.63, 3.8) is 0 Å². The summed E-state index contributed by atoms with van der Waals surface area (Å²) in [7, 11) is -3.51. The lowest BCUT2D eigenvalue weighted by atomic mass is 10.2. The van der Waals surface area contributed by atoms with Crippen LogP contribution in [0.5, 0.6) is 0 Å². The fourth-order valence-corrected chi connectivity index (χ4v) is 5.38. The van der Waals surface area contributed by atoms with Crippen molar-refractivity contribution in [2.45, 2.75) is 36.6 Å². The van der Waals surface area contributed by atoms with Crippen molar-refractivity contribution in [1.82, 2.24) is 4.31 Å². The fraction of sp³-hybridized carbons (Fsp3) is 0.583. The summed E-state index contributed by atoms with van der Waals surface area (Å²) in [4.78, 5) is 0.840. The molecule has 0 bridgehead atoms. The molecule has 0 saturated carbocycles. The molecule has 1 aliphatic rings. The third kappa shape index (κ3) is 3.04. The molecule has 1 saturated heterocycles. The van der Waals surface area contributed by atoms with E-state index in [2.05, 4.69) is 0 Å². The molecule has 1 aliphatic heterocycles. The van der Waals surface area contributed by atoms with Crippen LogP contribution in [-0.2, 0) is 14.8 Å². The maximum Gasteiger partial charge on any atom is 0.252 e. The predicted octanol–water partition coefficient (Wildman–Crippen LogP) is 1.57. The summed E-state index contributed by atoms with van der Waals surface area (Å²) in [6.07, 6.45) is 0.627. The lowest BCUT2D eigenvalue weighted by Crippen LogP contribution is -2.50. The molecule has 20 heavy (non-hydrogen) atoms.